The van der Waals surface area contributed by atoms with Crippen LogP contribution in [0.15, 0.2) is 47.4 Å². The van der Waals surface area contributed by atoms with Gasteiger partial charge in [0.25, 0.3) is 5.91 Å². The Labute approximate surface area is 127 Å². The monoisotopic (exact) mass is 306 g/mol. The van der Waals surface area contributed by atoms with E-state index in [-0.39, 0.29) is 5.91 Å². The summed E-state index contributed by atoms with van der Waals surface area (Å²) in [6.07, 6.45) is 2.00. The first kappa shape index (κ1) is 14.8. The van der Waals surface area contributed by atoms with E-state index in [1.165, 1.54) is 0 Å². The van der Waals surface area contributed by atoms with Crippen molar-refractivity contribution in [2.75, 3.05) is 11.7 Å². The number of aryl methyl sites for hydroxylation is 1. The first-order chi connectivity index (χ1) is 9.61. The van der Waals surface area contributed by atoms with Crippen molar-refractivity contribution in [3.05, 3.63) is 58.6 Å². The number of anilines is 1. The third kappa shape index (κ3) is 3.46. The number of hydrogen-bond acceptors (Lipinski definition) is 3. The van der Waals surface area contributed by atoms with Gasteiger partial charge in [0, 0.05) is 10.5 Å². The Morgan fingerprint density at radius 3 is 2.45 bits per heavy atom. The van der Waals surface area contributed by atoms with Gasteiger partial charge in [0.2, 0.25) is 0 Å². The molecule has 3 nitrogen and oxygen atoms in total. The summed E-state index contributed by atoms with van der Waals surface area (Å²) in [5.74, 6) is -0.197. The molecule has 0 unspecified atom stereocenters. The molecule has 0 atom stereocenters. The largest absolute Gasteiger partial charge is 0.297 e. The van der Waals surface area contributed by atoms with Crippen LogP contribution < -0.4 is 10.9 Å². The third-order valence-corrected chi connectivity index (χ3v) is 3.93. The Morgan fingerprint density at radius 1 is 1.15 bits per heavy atom. The molecule has 2 rings (SSSR count). The van der Waals surface area contributed by atoms with Gasteiger partial charge in [-0.25, -0.2) is 0 Å². The number of rotatable bonds is 4. The number of para-hydroxylation sites is 1. The predicted molar refractivity (Wildman–Crippen MR) is 85.5 cm³/mol. The zero-order valence-electron chi connectivity index (χ0n) is 11.2. The number of thioether (sulfide) groups is 1. The Balaban J connectivity index is 2.04. The summed E-state index contributed by atoms with van der Waals surface area (Å²) >= 11 is 7.72. The van der Waals surface area contributed by atoms with Crippen molar-refractivity contribution in [3.8, 4) is 0 Å². The molecule has 2 aromatic rings. The molecule has 2 N–H and O–H groups in total. The van der Waals surface area contributed by atoms with E-state index in [4.69, 9.17) is 11.6 Å². The molecule has 0 fully saturated rings. The number of nitrogens with one attached hydrogen (secondary N) is 2. The fourth-order valence-corrected chi connectivity index (χ4v) is 2.40. The lowest BCUT2D eigenvalue weighted by Gasteiger charge is -2.12. The minimum absolute atomic E-state index is 0.197. The molecule has 0 heterocycles. The van der Waals surface area contributed by atoms with Gasteiger partial charge < -0.3 is 0 Å². The lowest BCUT2D eigenvalue weighted by Crippen LogP contribution is -2.29. The van der Waals surface area contributed by atoms with Gasteiger partial charge in [-0.1, -0.05) is 23.7 Å². The number of hydrazine groups is 1. The average molecular weight is 307 g/mol. The highest BCUT2D eigenvalue weighted by atomic mass is 35.5. The van der Waals surface area contributed by atoms with Crippen molar-refractivity contribution in [3.63, 3.8) is 0 Å². The standard InChI is InChI=1S/C15H15ClN2OS/c1-10-4-3-5-13(16)14(10)17-18-15(19)11-6-8-12(20-2)9-7-11/h3-9,17H,1-2H3,(H,18,19). The van der Waals surface area contributed by atoms with Crippen molar-refractivity contribution in [2.45, 2.75) is 11.8 Å². The highest BCUT2D eigenvalue weighted by molar-refractivity contribution is 7.98. The molecule has 5 heteroatoms. The third-order valence-electron chi connectivity index (χ3n) is 2.88. The second-order valence-electron chi connectivity index (χ2n) is 4.24. The molecule has 0 saturated heterocycles. The van der Waals surface area contributed by atoms with Crippen LogP contribution in [-0.4, -0.2) is 12.2 Å². The summed E-state index contributed by atoms with van der Waals surface area (Å²) in [4.78, 5) is 13.1. The van der Waals surface area contributed by atoms with E-state index in [1.54, 1.807) is 30.0 Å². The van der Waals surface area contributed by atoms with Gasteiger partial charge in [0.05, 0.1) is 10.7 Å². The maximum Gasteiger partial charge on any atom is 0.269 e. The zero-order valence-corrected chi connectivity index (χ0v) is 12.8. The van der Waals surface area contributed by atoms with Crippen molar-refractivity contribution < 1.29 is 4.79 Å². The minimum atomic E-state index is -0.197. The van der Waals surface area contributed by atoms with Crippen molar-refractivity contribution >= 4 is 35.0 Å². The molecule has 1 amide bonds. The van der Waals surface area contributed by atoms with Crippen LogP contribution in [-0.2, 0) is 0 Å². The topological polar surface area (TPSA) is 41.1 Å². The lowest BCUT2D eigenvalue weighted by molar-refractivity contribution is 0.0962. The zero-order chi connectivity index (χ0) is 14.5. The highest BCUT2D eigenvalue weighted by Crippen LogP contribution is 2.24. The van der Waals surface area contributed by atoms with Gasteiger partial charge in [-0.05, 0) is 49.1 Å². The Hall–Kier alpha value is -1.65. The number of carbonyl (C=O) groups excluding carboxylic acids is 1. The quantitative estimate of drug-likeness (QED) is 0.659. The van der Waals surface area contributed by atoms with Crippen LogP contribution in [0.4, 0.5) is 5.69 Å². The van der Waals surface area contributed by atoms with Crippen LogP contribution in [0.3, 0.4) is 0 Å². The van der Waals surface area contributed by atoms with Crippen LogP contribution in [0, 0.1) is 6.92 Å². The van der Waals surface area contributed by atoms with Crippen LogP contribution in [0.1, 0.15) is 15.9 Å². The van der Waals surface area contributed by atoms with Gasteiger partial charge in [-0.2, -0.15) is 0 Å². The normalized spacial score (nSPS) is 10.2. The van der Waals surface area contributed by atoms with E-state index in [0.717, 1.165) is 10.5 Å². The summed E-state index contributed by atoms with van der Waals surface area (Å²) in [6.45, 7) is 1.92. The van der Waals surface area contributed by atoms with Crippen molar-refractivity contribution in [1.29, 1.82) is 0 Å². The lowest BCUT2D eigenvalue weighted by atomic mass is 10.2. The molecule has 0 aliphatic rings. The van der Waals surface area contributed by atoms with E-state index in [2.05, 4.69) is 10.9 Å². The molecular formula is C15H15ClN2OS. The van der Waals surface area contributed by atoms with Gasteiger partial charge in [0.1, 0.15) is 0 Å². The SMILES string of the molecule is CSc1ccc(C(=O)NNc2c(C)cccc2Cl)cc1. The maximum absolute atomic E-state index is 12.0. The summed E-state index contributed by atoms with van der Waals surface area (Å²) in [7, 11) is 0. The second kappa shape index (κ2) is 6.68. The van der Waals surface area contributed by atoms with Crippen LogP contribution in [0.5, 0.6) is 0 Å². The first-order valence-electron chi connectivity index (χ1n) is 6.07. The van der Waals surface area contributed by atoms with E-state index in [0.29, 0.717) is 16.3 Å². The minimum Gasteiger partial charge on any atom is -0.297 e. The highest BCUT2D eigenvalue weighted by Gasteiger charge is 2.07. The summed E-state index contributed by atoms with van der Waals surface area (Å²) in [6, 6.07) is 13.0. The number of halogens is 1. The van der Waals surface area contributed by atoms with E-state index < -0.39 is 0 Å². The second-order valence-corrected chi connectivity index (χ2v) is 5.53. The van der Waals surface area contributed by atoms with Gasteiger partial charge in [-0.15, -0.1) is 11.8 Å². The first-order valence-corrected chi connectivity index (χ1v) is 7.67. The molecule has 0 bridgehead atoms. The van der Waals surface area contributed by atoms with E-state index >= 15 is 0 Å². The molecule has 0 saturated carbocycles. The van der Waals surface area contributed by atoms with E-state index in [9.17, 15) is 4.79 Å². The average Bonchev–Trinajstić information content (AvgIpc) is 2.46. The molecular weight excluding hydrogens is 292 g/mol. The van der Waals surface area contributed by atoms with Crippen LogP contribution in [0.2, 0.25) is 5.02 Å². The fourth-order valence-electron chi connectivity index (χ4n) is 1.72. The smallest absolute Gasteiger partial charge is 0.269 e. The Morgan fingerprint density at radius 2 is 1.85 bits per heavy atom. The van der Waals surface area contributed by atoms with Gasteiger partial charge in [0.15, 0.2) is 0 Å². The van der Waals surface area contributed by atoms with Crippen molar-refractivity contribution in [2.24, 2.45) is 0 Å². The molecule has 0 spiro atoms. The molecule has 104 valence electrons. The summed E-state index contributed by atoms with van der Waals surface area (Å²) < 4.78 is 0. The molecule has 0 aromatic heterocycles. The number of amides is 1. The van der Waals surface area contributed by atoms with Gasteiger partial charge >= 0.3 is 0 Å². The fraction of sp³-hybridized carbons (Fsp3) is 0.133. The summed E-state index contributed by atoms with van der Waals surface area (Å²) in [5.41, 5.74) is 7.80. The summed E-state index contributed by atoms with van der Waals surface area (Å²) in [5, 5.41) is 0.572. The van der Waals surface area contributed by atoms with E-state index in [1.807, 2.05) is 37.4 Å². The Bertz CT molecular complexity index is 594. The number of carbonyl (C=O) groups is 1. The van der Waals surface area contributed by atoms with Crippen LogP contribution >= 0.6 is 23.4 Å². The molecule has 0 aliphatic heterocycles. The molecule has 0 radical (unpaired) electrons. The van der Waals surface area contributed by atoms with Gasteiger partial charge in [-0.3, -0.25) is 15.6 Å². The van der Waals surface area contributed by atoms with Crippen molar-refractivity contribution in [1.82, 2.24) is 5.43 Å². The maximum atomic E-state index is 12.0. The molecule has 0 aliphatic carbocycles. The Kier molecular flexibility index (Phi) is 4.93. The number of benzene rings is 2. The molecule has 20 heavy (non-hydrogen) atoms. The predicted octanol–water partition coefficient (Wildman–Crippen LogP) is 4.13. The van der Waals surface area contributed by atoms with Crippen LogP contribution in [0.25, 0.3) is 0 Å². The number of hydrogen-bond donors (Lipinski definition) is 2. The molecule has 2 aromatic carbocycles.